The summed E-state index contributed by atoms with van der Waals surface area (Å²) in [6.45, 7) is 0. The van der Waals surface area contributed by atoms with Crippen LogP contribution in [0.5, 0.6) is 0 Å². The predicted molar refractivity (Wildman–Crippen MR) is 78.1 cm³/mol. The van der Waals surface area contributed by atoms with Crippen molar-refractivity contribution in [1.29, 1.82) is 0 Å². The Morgan fingerprint density at radius 2 is 2.24 bits per heavy atom. The van der Waals surface area contributed by atoms with E-state index in [9.17, 15) is 9.59 Å². The molecule has 7 heteroatoms. The molecule has 3 unspecified atom stereocenters. The highest BCUT2D eigenvalue weighted by atomic mass is 16.2. The zero-order valence-corrected chi connectivity index (χ0v) is 12.5. The Balaban J connectivity index is 1.97. The Hall–Kier alpha value is -1.89. The second-order valence-corrected chi connectivity index (χ2v) is 5.64. The van der Waals surface area contributed by atoms with E-state index in [1.54, 1.807) is 17.9 Å². The van der Waals surface area contributed by atoms with E-state index in [4.69, 9.17) is 5.73 Å². The van der Waals surface area contributed by atoms with E-state index in [-0.39, 0.29) is 23.8 Å². The first kappa shape index (κ1) is 15.5. The van der Waals surface area contributed by atoms with Gasteiger partial charge in [-0.05, 0) is 26.3 Å². The first-order chi connectivity index (χ1) is 10.0. The van der Waals surface area contributed by atoms with Gasteiger partial charge < -0.3 is 16.4 Å². The molecule has 1 fully saturated rings. The van der Waals surface area contributed by atoms with Crippen molar-refractivity contribution in [1.82, 2.24) is 20.4 Å². The van der Waals surface area contributed by atoms with Crippen molar-refractivity contribution >= 4 is 11.8 Å². The summed E-state index contributed by atoms with van der Waals surface area (Å²) in [5.41, 5.74) is 6.18. The molecule has 0 radical (unpaired) electrons. The first-order valence-electron chi connectivity index (χ1n) is 7.26. The minimum atomic E-state index is -0.437. The molecule has 4 N–H and O–H groups in total. The molecule has 116 valence electrons. The van der Waals surface area contributed by atoms with Crippen LogP contribution in [0.25, 0.3) is 0 Å². The zero-order chi connectivity index (χ0) is 15.4. The second kappa shape index (κ2) is 6.71. The molecule has 0 saturated heterocycles. The number of likely N-dealkylation sites (N-methyl/N-ethyl adjacent to an activating group) is 1. The number of primary amides is 1. The summed E-state index contributed by atoms with van der Waals surface area (Å²) in [6, 6.07) is -0.427. The normalized spacial score (nSPS) is 23.5. The molecule has 1 aliphatic carbocycles. The lowest BCUT2D eigenvalue weighted by Gasteiger charge is -2.29. The van der Waals surface area contributed by atoms with Crippen molar-refractivity contribution < 1.29 is 9.59 Å². The van der Waals surface area contributed by atoms with Crippen LogP contribution in [0.15, 0.2) is 12.4 Å². The van der Waals surface area contributed by atoms with E-state index in [0.717, 1.165) is 24.8 Å². The maximum atomic E-state index is 12.4. The summed E-state index contributed by atoms with van der Waals surface area (Å²) in [7, 11) is 3.55. The fourth-order valence-electron chi connectivity index (χ4n) is 2.90. The third-order valence-corrected chi connectivity index (χ3v) is 4.03. The molecule has 7 nitrogen and oxygen atoms in total. The Morgan fingerprint density at radius 3 is 2.81 bits per heavy atom. The first-order valence-corrected chi connectivity index (χ1v) is 7.26. The van der Waals surface area contributed by atoms with E-state index in [2.05, 4.69) is 15.7 Å². The molecule has 0 aliphatic heterocycles. The number of nitrogens with two attached hydrogens (primary N) is 1. The highest BCUT2D eigenvalue weighted by molar-refractivity contribution is 5.83. The lowest BCUT2D eigenvalue weighted by Crippen LogP contribution is -2.45. The molecule has 1 aromatic heterocycles. The summed E-state index contributed by atoms with van der Waals surface area (Å²) in [4.78, 5) is 23.7. The van der Waals surface area contributed by atoms with Gasteiger partial charge in [-0.15, -0.1) is 0 Å². The molecule has 0 aromatic carbocycles. The molecule has 3 atom stereocenters. The average Bonchev–Trinajstić information content (AvgIpc) is 2.86. The minimum absolute atomic E-state index is 0.0104. The van der Waals surface area contributed by atoms with Gasteiger partial charge in [-0.3, -0.25) is 14.3 Å². The molecular formula is C14H23N5O2. The molecule has 1 heterocycles. The van der Waals surface area contributed by atoms with Crippen LogP contribution in [-0.2, 0) is 16.6 Å². The monoisotopic (exact) mass is 293 g/mol. The fourth-order valence-corrected chi connectivity index (χ4v) is 2.90. The number of hydrogen-bond donors (Lipinski definition) is 3. The standard InChI is InChI=1S/C14H23N5O2/c1-16-12(10-7-17-19(2)8-10)14(21)18-11-5-3-4-9(6-11)13(15)20/h7-9,11-12,16H,3-6H2,1-2H3,(H2,15,20)(H,18,21). The van der Waals surface area contributed by atoms with Gasteiger partial charge in [-0.1, -0.05) is 6.42 Å². The molecule has 2 rings (SSSR count). The van der Waals surface area contributed by atoms with Gasteiger partial charge in [0.05, 0.1) is 6.20 Å². The lowest BCUT2D eigenvalue weighted by atomic mass is 9.85. The Kier molecular flexibility index (Phi) is 4.95. The van der Waals surface area contributed by atoms with Crippen LogP contribution in [0, 0.1) is 5.92 Å². The summed E-state index contributed by atoms with van der Waals surface area (Å²) >= 11 is 0. The molecule has 0 spiro atoms. The highest BCUT2D eigenvalue weighted by Crippen LogP contribution is 2.24. The van der Waals surface area contributed by atoms with Gasteiger partial charge in [0.2, 0.25) is 11.8 Å². The predicted octanol–water partition coefficient (Wildman–Crippen LogP) is -0.159. The number of carbonyl (C=O) groups excluding carboxylic acids is 2. The smallest absolute Gasteiger partial charge is 0.242 e. The number of nitrogens with zero attached hydrogens (tertiary/aromatic N) is 2. The van der Waals surface area contributed by atoms with Crippen molar-refractivity contribution in [2.75, 3.05) is 7.05 Å². The average molecular weight is 293 g/mol. The van der Waals surface area contributed by atoms with Crippen LogP contribution in [0.1, 0.15) is 37.3 Å². The number of hydrogen-bond acceptors (Lipinski definition) is 4. The van der Waals surface area contributed by atoms with Gasteiger partial charge in [0, 0.05) is 30.8 Å². The van der Waals surface area contributed by atoms with Gasteiger partial charge in [0.1, 0.15) is 6.04 Å². The van der Waals surface area contributed by atoms with Gasteiger partial charge in [0.15, 0.2) is 0 Å². The van der Waals surface area contributed by atoms with Gasteiger partial charge in [0.25, 0.3) is 0 Å². The Bertz CT molecular complexity index is 513. The molecule has 1 aliphatic rings. The zero-order valence-electron chi connectivity index (χ0n) is 12.5. The minimum Gasteiger partial charge on any atom is -0.369 e. The van der Waals surface area contributed by atoms with Crippen molar-refractivity contribution in [3.8, 4) is 0 Å². The number of aromatic nitrogens is 2. The number of nitrogens with one attached hydrogen (secondary N) is 2. The number of rotatable bonds is 5. The number of aryl methyl sites for hydroxylation is 1. The summed E-state index contributed by atoms with van der Waals surface area (Å²) < 4.78 is 1.66. The molecule has 2 amide bonds. The molecular weight excluding hydrogens is 270 g/mol. The summed E-state index contributed by atoms with van der Waals surface area (Å²) in [5.74, 6) is -0.498. The third-order valence-electron chi connectivity index (χ3n) is 4.03. The van der Waals surface area contributed by atoms with E-state index < -0.39 is 6.04 Å². The lowest BCUT2D eigenvalue weighted by molar-refractivity contribution is -0.126. The quantitative estimate of drug-likeness (QED) is 0.702. The van der Waals surface area contributed by atoms with Crippen LogP contribution in [0.4, 0.5) is 0 Å². The van der Waals surface area contributed by atoms with Gasteiger partial charge >= 0.3 is 0 Å². The van der Waals surface area contributed by atoms with E-state index >= 15 is 0 Å². The second-order valence-electron chi connectivity index (χ2n) is 5.64. The fraction of sp³-hybridized carbons (Fsp3) is 0.643. The largest absolute Gasteiger partial charge is 0.369 e. The van der Waals surface area contributed by atoms with E-state index in [1.165, 1.54) is 0 Å². The number of carbonyl (C=O) groups is 2. The Labute approximate surface area is 124 Å². The summed E-state index contributed by atoms with van der Waals surface area (Å²) in [5, 5.41) is 10.1. The van der Waals surface area contributed by atoms with Crippen molar-refractivity contribution in [2.45, 2.75) is 37.8 Å². The number of amides is 2. The Morgan fingerprint density at radius 1 is 1.48 bits per heavy atom. The van der Waals surface area contributed by atoms with Crippen LogP contribution >= 0.6 is 0 Å². The summed E-state index contributed by atoms with van der Waals surface area (Å²) in [6.07, 6.45) is 6.74. The molecule has 1 aromatic rings. The van der Waals surface area contributed by atoms with Crippen LogP contribution in [0.3, 0.4) is 0 Å². The highest BCUT2D eigenvalue weighted by Gasteiger charge is 2.29. The molecule has 21 heavy (non-hydrogen) atoms. The van der Waals surface area contributed by atoms with E-state index in [0.29, 0.717) is 6.42 Å². The van der Waals surface area contributed by atoms with E-state index in [1.807, 2.05) is 13.2 Å². The van der Waals surface area contributed by atoms with Crippen molar-refractivity contribution in [2.24, 2.45) is 18.7 Å². The molecule has 1 saturated carbocycles. The topological polar surface area (TPSA) is 102 Å². The molecule has 0 bridgehead atoms. The maximum Gasteiger partial charge on any atom is 0.242 e. The van der Waals surface area contributed by atoms with Crippen molar-refractivity contribution in [3.63, 3.8) is 0 Å². The third kappa shape index (κ3) is 3.81. The van der Waals surface area contributed by atoms with Gasteiger partial charge in [-0.25, -0.2) is 0 Å². The van der Waals surface area contributed by atoms with Gasteiger partial charge in [-0.2, -0.15) is 5.10 Å². The maximum absolute atomic E-state index is 12.4. The SMILES string of the molecule is CNC(C(=O)NC1CCCC(C(N)=O)C1)c1cnn(C)c1. The van der Waals surface area contributed by atoms with Crippen LogP contribution in [-0.4, -0.2) is 34.7 Å². The van der Waals surface area contributed by atoms with Crippen LogP contribution < -0.4 is 16.4 Å². The van der Waals surface area contributed by atoms with Crippen molar-refractivity contribution in [3.05, 3.63) is 18.0 Å². The van der Waals surface area contributed by atoms with Crippen LogP contribution in [0.2, 0.25) is 0 Å².